The molecule has 0 spiro atoms. The van der Waals surface area contributed by atoms with Gasteiger partial charge in [-0.1, -0.05) is 11.3 Å². The fourth-order valence-corrected chi connectivity index (χ4v) is 3.10. The molecule has 0 aliphatic rings. The minimum absolute atomic E-state index is 0.00594. The maximum atomic E-state index is 13.5. The molecule has 4 rings (SSSR count). The summed E-state index contributed by atoms with van der Waals surface area (Å²) in [7, 11) is 0. The van der Waals surface area contributed by atoms with Crippen LogP contribution in [0.3, 0.4) is 0 Å². The number of alkyl halides is 3. The minimum atomic E-state index is -4.93. The van der Waals surface area contributed by atoms with Crippen molar-refractivity contribution in [1.82, 2.24) is 41.1 Å². The smallest absolute Gasteiger partial charge is 0.363 e. The summed E-state index contributed by atoms with van der Waals surface area (Å²) in [5.74, 6) is -2.23. The van der Waals surface area contributed by atoms with E-state index in [0.29, 0.717) is 17.8 Å². The first-order valence-electron chi connectivity index (χ1n) is 10.7. The number of nitrogens with one attached hydrogen (secondary N) is 3. The average molecular weight is 534 g/mol. The Hall–Kier alpha value is -4.93. The number of anilines is 1. The number of hydrogen-bond donors (Lipinski definition) is 4. The molecule has 4 N–H and O–H groups in total. The topological polar surface area (TPSA) is 168 Å². The van der Waals surface area contributed by atoms with E-state index in [1.54, 1.807) is 29.9 Å². The van der Waals surface area contributed by atoms with Gasteiger partial charge in [-0.3, -0.25) is 25.1 Å². The molecular weight excluding hydrogens is 516 g/mol. The highest BCUT2D eigenvalue weighted by molar-refractivity contribution is 6.01. The third-order valence-electron chi connectivity index (χ3n) is 4.86. The van der Waals surface area contributed by atoms with E-state index in [9.17, 15) is 27.6 Å². The summed E-state index contributed by atoms with van der Waals surface area (Å²) in [6.45, 7) is 0.610. The van der Waals surface area contributed by atoms with Crippen LogP contribution in [0.4, 0.5) is 29.1 Å². The van der Waals surface area contributed by atoms with Crippen molar-refractivity contribution in [2.45, 2.75) is 19.3 Å². The Morgan fingerprint density at radius 3 is 2.76 bits per heavy atom. The van der Waals surface area contributed by atoms with Crippen LogP contribution < -0.4 is 16.1 Å². The molecule has 0 bridgehead atoms. The molecule has 0 radical (unpaired) electrons. The Labute approximate surface area is 210 Å². The predicted octanol–water partition coefficient (Wildman–Crippen LogP) is 2.31. The van der Waals surface area contributed by atoms with Crippen LogP contribution in [-0.2, 0) is 19.3 Å². The van der Waals surface area contributed by atoms with E-state index in [-0.39, 0.29) is 48.4 Å². The number of hydrogen-bond acceptors (Lipinski definition) is 10. The summed E-state index contributed by atoms with van der Waals surface area (Å²) in [6, 6.07) is 7.04. The summed E-state index contributed by atoms with van der Waals surface area (Å²) in [5, 5.41) is 30.2. The van der Waals surface area contributed by atoms with Crippen LogP contribution in [0.25, 0.3) is 0 Å². The molecule has 0 fully saturated rings. The molecule has 4 aromatic rings. The average Bonchev–Trinajstić information content (AvgIpc) is 3.56. The lowest BCUT2D eigenvalue weighted by Gasteiger charge is -2.09. The third kappa shape index (κ3) is 6.44. The highest BCUT2D eigenvalue weighted by atomic mass is 19.4. The highest BCUT2D eigenvalue weighted by Gasteiger charge is 2.34. The monoisotopic (exact) mass is 534 g/mol. The zero-order valence-corrected chi connectivity index (χ0v) is 19.1. The molecule has 198 valence electrons. The molecule has 38 heavy (non-hydrogen) atoms. The maximum absolute atomic E-state index is 13.5. The Kier molecular flexibility index (Phi) is 7.86. The summed E-state index contributed by atoms with van der Waals surface area (Å²) < 4.78 is 58.6. The minimum Gasteiger partial charge on any atom is -0.363 e. The highest BCUT2D eigenvalue weighted by Crippen LogP contribution is 2.33. The first kappa shape index (κ1) is 26.1. The lowest BCUT2D eigenvalue weighted by Crippen LogP contribution is -2.23. The van der Waals surface area contributed by atoms with Gasteiger partial charge in [-0.25, -0.2) is 14.0 Å². The van der Waals surface area contributed by atoms with Crippen molar-refractivity contribution in [3.05, 3.63) is 77.3 Å². The Morgan fingerprint density at radius 2 is 2.03 bits per heavy atom. The summed E-state index contributed by atoms with van der Waals surface area (Å²) in [4.78, 5) is 19.9. The standard InChI is InChI=1S/C21H18F4N10O3/c22-15-5-4-12(9-14(15)21(23,24)25)29-19(31-37)17-18(33-38-32-17)27-7-8-35-11-13(30-34-35)10-28-20(36)16-3-1-2-6-26-16/h1-6,9,11,37H,7-8,10H2,(H,27,33)(H,28,36)(H,29,31). The summed E-state index contributed by atoms with van der Waals surface area (Å²) >= 11 is 0. The number of benzene rings is 1. The Bertz CT molecular complexity index is 1420. The van der Waals surface area contributed by atoms with Gasteiger partial charge in [0.1, 0.15) is 17.2 Å². The first-order valence-corrected chi connectivity index (χ1v) is 10.7. The van der Waals surface area contributed by atoms with Crippen molar-refractivity contribution in [2.24, 2.45) is 4.99 Å². The second kappa shape index (κ2) is 11.4. The fraction of sp³-hybridized carbons (Fsp3) is 0.190. The zero-order valence-electron chi connectivity index (χ0n) is 19.1. The van der Waals surface area contributed by atoms with Gasteiger partial charge in [-0.05, 0) is 40.6 Å². The maximum Gasteiger partial charge on any atom is 0.419 e. The van der Waals surface area contributed by atoms with Gasteiger partial charge in [-0.15, -0.1) is 5.10 Å². The lowest BCUT2D eigenvalue weighted by atomic mass is 10.2. The normalized spacial score (nSPS) is 11.9. The molecular formula is C21H18F4N10O3. The number of carbonyl (C=O) groups is 1. The number of aliphatic imine (C=N–C) groups is 1. The number of hydroxylamine groups is 1. The molecule has 0 saturated carbocycles. The quantitative estimate of drug-likeness (QED) is 0.108. The van der Waals surface area contributed by atoms with Gasteiger partial charge in [0.2, 0.25) is 5.82 Å². The predicted molar refractivity (Wildman–Crippen MR) is 121 cm³/mol. The van der Waals surface area contributed by atoms with Crippen LogP contribution in [0.15, 0.2) is 58.4 Å². The number of aromatic nitrogens is 6. The van der Waals surface area contributed by atoms with Crippen LogP contribution in [0.5, 0.6) is 0 Å². The fourth-order valence-electron chi connectivity index (χ4n) is 3.10. The molecule has 0 saturated heterocycles. The molecule has 0 unspecified atom stereocenters. The van der Waals surface area contributed by atoms with Crippen LogP contribution in [0.2, 0.25) is 0 Å². The number of rotatable bonds is 9. The number of pyridine rings is 1. The molecule has 0 aliphatic carbocycles. The van der Waals surface area contributed by atoms with Crippen molar-refractivity contribution in [1.29, 1.82) is 0 Å². The van der Waals surface area contributed by atoms with Crippen molar-refractivity contribution in [2.75, 3.05) is 11.9 Å². The molecule has 0 atom stereocenters. The SMILES string of the molecule is O=C(NCc1cn(CCNc2nonc2C(=Nc2ccc(F)c(C(F)(F)F)c2)NO)nn1)c1ccccn1. The van der Waals surface area contributed by atoms with E-state index in [2.05, 4.69) is 45.9 Å². The molecule has 1 aromatic carbocycles. The summed E-state index contributed by atoms with van der Waals surface area (Å²) in [6.07, 6.45) is -1.82. The Balaban J connectivity index is 1.36. The van der Waals surface area contributed by atoms with Gasteiger partial charge < -0.3 is 10.6 Å². The zero-order chi connectivity index (χ0) is 27.1. The van der Waals surface area contributed by atoms with E-state index < -0.39 is 23.4 Å². The number of halogens is 4. The third-order valence-corrected chi connectivity index (χ3v) is 4.86. The number of nitrogens with zero attached hydrogens (tertiary/aromatic N) is 7. The largest absolute Gasteiger partial charge is 0.419 e. The second-order valence-electron chi connectivity index (χ2n) is 7.49. The van der Waals surface area contributed by atoms with Crippen LogP contribution in [-0.4, -0.2) is 53.8 Å². The van der Waals surface area contributed by atoms with Gasteiger partial charge in [0, 0.05) is 12.7 Å². The van der Waals surface area contributed by atoms with Crippen molar-refractivity contribution >= 4 is 23.2 Å². The van der Waals surface area contributed by atoms with E-state index in [0.717, 1.165) is 6.07 Å². The van der Waals surface area contributed by atoms with Gasteiger partial charge in [0.15, 0.2) is 11.5 Å². The van der Waals surface area contributed by atoms with Crippen LogP contribution in [0.1, 0.15) is 27.4 Å². The summed E-state index contributed by atoms with van der Waals surface area (Å²) in [5.41, 5.74) is 0.500. The second-order valence-corrected chi connectivity index (χ2v) is 7.49. The van der Waals surface area contributed by atoms with Crippen molar-refractivity contribution in [3.8, 4) is 0 Å². The van der Waals surface area contributed by atoms with E-state index in [4.69, 9.17) is 0 Å². The molecule has 0 aliphatic heterocycles. The number of amides is 1. The van der Waals surface area contributed by atoms with Crippen molar-refractivity contribution in [3.63, 3.8) is 0 Å². The van der Waals surface area contributed by atoms with Gasteiger partial charge in [0.25, 0.3) is 5.91 Å². The molecule has 3 aromatic heterocycles. The van der Waals surface area contributed by atoms with Crippen molar-refractivity contribution < 1.29 is 32.2 Å². The lowest BCUT2D eigenvalue weighted by molar-refractivity contribution is -0.139. The molecule has 1 amide bonds. The van der Waals surface area contributed by atoms with Gasteiger partial charge in [0.05, 0.1) is 30.5 Å². The molecule has 3 heterocycles. The van der Waals surface area contributed by atoms with Gasteiger partial charge in [-0.2, -0.15) is 13.2 Å². The molecule has 17 heteroatoms. The van der Waals surface area contributed by atoms with Crippen LogP contribution >= 0.6 is 0 Å². The number of amidine groups is 1. The Morgan fingerprint density at radius 1 is 1.18 bits per heavy atom. The van der Waals surface area contributed by atoms with E-state index in [1.807, 2.05) is 0 Å². The van der Waals surface area contributed by atoms with Gasteiger partial charge >= 0.3 is 6.18 Å². The van der Waals surface area contributed by atoms with Crippen LogP contribution in [0, 0.1) is 5.82 Å². The van der Waals surface area contributed by atoms with E-state index in [1.165, 1.54) is 10.9 Å². The number of carbonyl (C=O) groups excluding carboxylic acids is 1. The van der Waals surface area contributed by atoms with E-state index >= 15 is 0 Å². The molecule has 13 nitrogen and oxygen atoms in total. The first-order chi connectivity index (χ1) is 18.2.